The number of aryl methyl sites for hydroxylation is 1. The van der Waals surface area contributed by atoms with Gasteiger partial charge in [0.2, 0.25) is 5.95 Å². The fraction of sp³-hybridized carbons (Fsp3) is 0.667. The molecule has 4 nitrogen and oxygen atoms in total. The first-order valence-corrected chi connectivity index (χ1v) is 5.97. The molecule has 1 aromatic heterocycles. The summed E-state index contributed by atoms with van der Waals surface area (Å²) in [5, 5.41) is 3.44. The van der Waals surface area contributed by atoms with E-state index in [1.165, 1.54) is 19.4 Å². The number of rotatable bonds is 3. The average Bonchev–Trinajstić information content (AvgIpc) is 2.30. The van der Waals surface area contributed by atoms with Gasteiger partial charge in [0.05, 0.1) is 0 Å². The standard InChI is InChI=1S/C12H20N4/c1-10-5-7-14-12(15-10)16(2)9-11-4-3-6-13-8-11/h5,7,11,13H,3-4,6,8-9H2,1-2H3/t11-/m0/s1. The van der Waals surface area contributed by atoms with Crippen LogP contribution in [0.3, 0.4) is 0 Å². The third-order valence-electron chi connectivity index (χ3n) is 3.05. The van der Waals surface area contributed by atoms with E-state index in [0.717, 1.165) is 30.6 Å². The van der Waals surface area contributed by atoms with Crippen LogP contribution in [0.4, 0.5) is 5.95 Å². The first-order chi connectivity index (χ1) is 7.75. The lowest BCUT2D eigenvalue weighted by Crippen LogP contribution is -2.37. The molecule has 0 aliphatic carbocycles. The van der Waals surface area contributed by atoms with Gasteiger partial charge in [-0.3, -0.25) is 0 Å². The van der Waals surface area contributed by atoms with Gasteiger partial charge >= 0.3 is 0 Å². The number of nitrogens with one attached hydrogen (secondary N) is 1. The molecule has 16 heavy (non-hydrogen) atoms. The molecule has 0 unspecified atom stereocenters. The van der Waals surface area contributed by atoms with Gasteiger partial charge in [-0.05, 0) is 44.8 Å². The fourth-order valence-electron chi connectivity index (χ4n) is 2.17. The minimum absolute atomic E-state index is 0.725. The largest absolute Gasteiger partial charge is 0.344 e. The summed E-state index contributed by atoms with van der Waals surface area (Å²) in [5.74, 6) is 1.56. The Bertz CT molecular complexity index is 334. The van der Waals surface area contributed by atoms with Crippen LogP contribution in [0.25, 0.3) is 0 Å². The van der Waals surface area contributed by atoms with E-state index in [2.05, 4.69) is 27.2 Å². The highest BCUT2D eigenvalue weighted by atomic mass is 15.2. The van der Waals surface area contributed by atoms with Crippen LogP contribution < -0.4 is 10.2 Å². The third-order valence-corrected chi connectivity index (χ3v) is 3.05. The summed E-state index contributed by atoms with van der Waals surface area (Å²) in [6, 6.07) is 1.93. The van der Waals surface area contributed by atoms with Crippen LogP contribution in [0, 0.1) is 12.8 Å². The predicted octanol–water partition coefficient (Wildman–Crippen LogP) is 1.22. The second-order valence-corrected chi connectivity index (χ2v) is 4.59. The van der Waals surface area contributed by atoms with Crippen molar-refractivity contribution in [1.29, 1.82) is 0 Å². The molecule has 88 valence electrons. The fourth-order valence-corrected chi connectivity index (χ4v) is 2.17. The topological polar surface area (TPSA) is 41.1 Å². The Kier molecular flexibility index (Phi) is 3.72. The number of aromatic nitrogens is 2. The molecule has 4 heteroatoms. The molecule has 2 heterocycles. The zero-order valence-electron chi connectivity index (χ0n) is 10.1. The maximum Gasteiger partial charge on any atom is 0.225 e. The van der Waals surface area contributed by atoms with Crippen molar-refractivity contribution in [2.75, 3.05) is 31.6 Å². The number of nitrogens with zero attached hydrogens (tertiary/aromatic N) is 3. The number of anilines is 1. The van der Waals surface area contributed by atoms with Crippen molar-refractivity contribution in [1.82, 2.24) is 15.3 Å². The Morgan fingerprint density at radius 3 is 3.12 bits per heavy atom. The summed E-state index contributed by atoms with van der Waals surface area (Å²) in [5.41, 5.74) is 1.03. The van der Waals surface area contributed by atoms with Gasteiger partial charge in [0.25, 0.3) is 0 Å². The number of hydrogen-bond acceptors (Lipinski definition) is 4. The Morgan fingerprint density at radius 2 is 2.44 bits per heavy atom. The van der Waals surface area contributed by atoms with Crippen LogP contribution in [0.2, 0.25) is 0 Å². The molecule has 1 fully saturated rings. The van der Waals surface area contributed by atoms with Crippen molar-refractivity contribution in [3.05, 3.63) is 18.0 Å². The normalized spacial score (nSPS) is 20.8. The summed E-state index contributed by atoms with van der Waals surface area (Å²) in [6.07, 6.45) is 4.42. The van der Waals surface area contributed by atoms with Gasteiger partial charge in [0.1, 0.15) is 0 Å². The highest BCUT2D eigenvalue weighted by Crippen LogP contribution is 2.14. The predicted molar refractivity (Wildman–Crippen MR) is 65.6 cm³/mol. The SMILES string of the molecule is Cc1ccnc(N(C)C[C@H]2CCCNC2)n1. The molecule has 1 aliphatic heterocycles. The van der Waals surface area contributed by atoms with Gasteiger partial charge in [0.15, 0.2) is 0 Å². The van der Waals surface area contributed by atoms with Crippen molar-refractivity contribution in [3.8, 4) is 0 Å². The monoisotopic (exact) mass is 220 g/mol. The quantitative estimate of drug-likeness (QED) is 0.831. The Labute approximate surface area is 97.1 Å². The first kappa shape index (κ1) is 11.3. The summed E-state index contributed by atoms with van der Waals surface area (Å²) in [4.78, 5) is 10.9. The van der Waals surface area contributed by atoms with Gasteiger partial charge in [0, 0.05) is 25.5 Å². The zero-order chi connectivity index (χ0) is 11.4. The van der Waals surface area contributed by atoms with E-state index in [9.17, 15) is 0 Å². The number of hydrogen-bond donors (Lipinski definition) is 1. The van der Waals surface area contributed by atoms with E-state index >= 15 is 0 Å². The van der Waals surface area contributed by atoms with E-state index in [4.69, 9.17) is 0 Å². The maximum absolute atomic E-state index is 4.43. The lowest BCUT2D eigenvalue weighted by Gasteiger charge is -2.27. The highest BCUT2D eigenvalue weighted by molar-refractivity contribution is 5.28. The molecule has 0 aromatic carbocycles. The smallest absolute Gasteiger partial charge is 0.225 e. The van der Waals surface area contributed by atoms with Crippen molar-refractivity contribution in [2.24, 2.45) is 5.92 Å². The van der Waals surface area contributed by atoms with Crippen LogP contribution in [0.1, 0.15) is 18.5 Å². The molecule has 0 radical (unpaired) electrons. The molecular formula is C12H20N4. The summed E-state index contributed by atoms with van der Waals surface area (Å²) in [7, 11) is 2.07. The second kappa shape index (κ2) is 5.25. The van der Waals surface area contributed by atoms with E-state index in [1.54, 1.807) is 0 Å². The molecule has 1 aliphatic rings. The lowest BCUT2D eigenvalue weighted by molar-refractivity contribution is 0.380. The van der Waals surface area contributed by atoms with Crippen molar-refractivity contribution < 1.29 is 0 Å². The van der Waals surface area contributed by atoms with Crippen molar-refractivity contribution in [3.63, 3.8) is 0 Å². The van der Waals surface area contributed by atoms with Crippen LogP contribution in [0.15, 0.2) is 12.3 Å². The van der Waals surface area contributed by atoms with Crippen LogP contribution >= 0.6 is 0 Å². The zero-order valence-corrected chi connectivity index (χ0v) is 10.1. The van der Waals surface area contributed by atoms with Crippen LogP contribution in [-0.4, -0.2) is 36.6 Å². The minimum atomic E-state index is 0.725. The first-order valence-electron chi connectivity index (χ1n) is 5.97. The number of piperidine rings is 1. The Balaban J connectivity index is 1.94. The van der Waals surface area contributed by atoms with Gasteiger partial charge < -0.3 is 10.2 Å². The summed E-state index contributed by atoms with van der Waals surface area (Å²) >= 11 is 0. The molecule has 2 rings (SSSR count). The second-order valence-electron chi connectivity index (χ2n) is 4.59. The van der Waals surface area contributed by atoms with Gasteiger partial charge in [-0.1, -0.05) is 0 Å². The van der Waals surface area contributed by atoms with Gasteiger partial charge in [-0.15, -0.1) is 0 Å². The minimum Gasteiger partial charge on any atom is -0.344 e. The molecule has 0 saturated carbocycles. The lowest BCUT2D eigenvalue weighted by atomic mass is 9.99. The van der Waals surface area contributed by atoms with Crippen LogP contribution in [0.5, 0.6) is 0 Å². The molecule has 0 amide bonds. The highest BCUT2D eigenvalue weighted by Gasteiger charge is 2.16. The van der Waals surface area contributed by atoms with E-state index in [-0.39, 0.29) is 0 Å². The average molecular weight is 220 g/mol. The van der Waals surface area contributed by atoms with Crippen molar-refractivity contribution in [2.45, 2.75) is 19.8 Å². The maximum atomic E-state index is 4.43. The molecule has 0 bridgehead atoms. The molecule has 1 N–H and O–H groups in total. The third kappa shape index (κ3) is 2.92. The summed E-state index contributed by atoms with van der Waals surface area (Å²) in [6.45, 7) is 5.33. The molecular weight excluding hydrogens is 200 g/mol. The molecule has 1 aromatic rings. The van der Waals surface area contributed by atoms with E-state index in [0.29, 0.717) is 0 Å². The summed E-state index contributed by atoms with van der Waals surface area (Å²) < 4.78 is 0. The van der Waals surface area contributed by atoms with E-state index < -0.39 is 0 Å². The molecule has 1 saturated heterocycles. The Hall–Kier alpha value is -1.16. The van der Waals surface area contributed by atoms with Gasteiger partial charge in [-0.25, -0.2) is 9.97 Å². The van der Waals surface area contributed by atoms with Crippen LogP contribution in [-0.2, 0) is 0 Å². The van der Waals surface area contributed by atoms with E-state index in [1.807, 2.05) is 19.2 Å². The van der Waals surface area contributed by atoms with Crippen molar-refractivity contribution >= 4 is 5.95 Å². The van der Waals surface area contributed by atoms with Gasteiger partial charge in [-0.2, -0.15) is 0 Å². The Morgan fingerprint density at radius 1 is 1.56 bits per heavy atom. The molecule has 0 spiro atoms. The molecule has 1 atom stereocenters.